The normalized spacial score (nSPS) is 21.5. The molecule has 1 atom stereocenters. The minimum Gasteiger partial charge on any atom is -0.444 e. The second-order valence-electron chi connectivity index (χ2n) is 9.31. The van der Waals surface area contributed by atoms with Gasteiger partial charge in [-0.2, -0.15) is 0 Å². The molecule has 0 aromatic rings. The summed E-state index contributed by atoms with van der Waals surface area (Å²) in [5.74, 6) is 0. The minimum absolute atomic E-state index is 0.0757. The van der Waals surface area contributed by atoms with Gasteiger partial charge in [-0.1, -0.05) is 39.3 Å². The Labute approximate surface area is 149 Å². The molecule has 1 fully saturated rings. The molecule has 0 saturated carbocycles. The third kappa shape index (κ3) is 5.92. The van der Waals surface area contributed by atoms with Gasteiger partial charge in [0.15, 0.2) is 8.32 Å². The van der Waals surface area contributed by atoms with Crippen molar-refractivity contribution in [3.8, 4) is 0 Å². The molecule has 0 spiro atoms. The first-order chi connectivity index (χ1) is 10.8. The average molecular weight is 356 g/mol. The maximum atomic E-state index is 12.6. The van der Waals surface area contributed by atoms with Crippen LogP contribution in [0.3, 0.4) is 0 Å². The average Bonchev–Trinajstić information content (AvgIpc) is 2.77. The van der Waals surface area contributed by atoms with Gasteiger partial charge in [0.2, 0.25) is 0 Å². The molecular weight excluding hydrogens is 318 g/mol. The Balaban J connectivity index is 2.84. The van der Waals surface area contributed by atoms with E-state index in [1.807, 2.05) is 25.7 Å². The zero-order valence-electron chi connectivity index (χ0n) is 17.2. The molecule has 5 heteroatoms. The summed E-state index contributed by atoms with van der Waals surface area (Å²) >= 11 is 0. The molecule has 1 heterocycles. The van der Waals surface area contributed by atoms with Gasteiger partial charge in [0, 0.05) is 6.54 Å². The third-order valence-electron chi connectivity index (χ3n) is 4.88. The van der Waals surface area contributed by atoms with Crippen molar-refractivity contribution >= 4 is 14.4 Å². The van der Waals surface area contributed by atoms with Crippen molar-refractivity contribution in [3.05, 3.63) is 11.6 Å². The lowest BCUT2D eigenvalue weighted by molar-refractivity contribution is 0.0184. The summed E-state index contributed by atoms with van der Waals surface area (Å²) in [5.41, 5.74) is 0.839. The number of hydrogen-bond donors (Lipinski definition) is 0. The Bertz CT molecular complexity index is 472. The predicted molar refractivity (Wildman–Crippen MR) is 103 cm³/mol. The molecule has 0 bridgehead atoms. The summed E-state index contributed by atoms with van der Waals surface area (Å²) in [7, 11) is -1.82. The molecule has 1 aliphatic rings. The van der Waals surface area contributed by atoms with Gasteiger partial charge in [-0.25, -0.2) is 4.79 Å². The Morgan fingerprint density at radius 1 is 1.25 bits per heavy atom. The Morgan fingerprint density at radius 3 is 2.29 bits per heavy atom. The molecule has 0 aromatic carbocycles. The molecule has 1 amide bonds. The van der Waals surface area contributed by atoms with Gasteiger partial charge in [0.05, 0.1) is 12.6 Å². The predicted octanol–water partition coefficient (Wildman–Crippen LogP) is 5.35. The van der Waals surface area contributed by atoms with Gasteiger partial charge in [-0.15, -0.1) is 0 Å². The third-order valence-corrected chi connectivity index (χ3v) is 9.38. The van der Waals surface area contributed by atoms with E-state index in [1.165, 1.54) is 5.57 Å². The largest absolute Gasteiger partial charge is 0.444 e. The number of likely N-dealkylation sites (tertiary alicyclic amines) is 1. The lowest BCUT2D eigenvalue weighted by Gasteiger charge is -2.38. The van der Waals surface area contributed by atoms with Crippen molar-refractivity contribution in [3.63, 3.8) is 0 Å². The number of carbonyl (C=O) groups is 1. The maximum absolute atomic E-state index is 12.6. The van der Waals surface area contributed by atoms with Crippen molar-refractivity contribution in [1.29, 1.82) is 0 Å². The van der Waals surface area contributed by atoms with Crippen molar-refractivity contribution in [1.82, 2.24) is 4.90 Å². The second-order valence-corrected chi connectivity index (χ2v) is 14.1. The first-order valence-electron chi connectivity index (χ1n) is 9.08. The monoisotopic (exact) mass is 355 g/mol. The lowest BCUT2D eigenvalue weighted by atomic mass is 10.1. The van der Waals surface area contributed by atoms with Crippen LogP contribution in [-0.2, 0) is 9.16 Å². The number of ether oxygens (including phenoxy) is 1. The van der Waals surface area contributed by atoms with Crippen LogP contribution in [0.15, 0.2) is 11.6 Å². The summed E-state index contributed by atoms with van der Waals surface area (Å²) in [6.45, 7) is 20.3. The van der Waals surface area contributed by atoms with E-state index in [0.717, 1.165) is 12.8 Å². The summed E-state index contributed by atoms with van der Waals surface area (Å²) in [6, 6.07) is 0.0757. The number of rotatable bonds is 4. The van der Waals surface area contributed by atoms with Crippen LogP contribution in [0.2, 0.25) is 18.1 Å². The Morgan fingerprint density at radius 2 is 1.83 bits per heavy atom. The van der Waals surface area contributed by atoms with Crippen LogP contribution in [0.1, 0.15) is 61.3 Å². The molecule has 0 radical (unpaired) electrons. The number of nitrogens with zero attached hydrogens (tertiary/aromatic N) is 1. The van der Waals surface area contributed by atoms with E-state index < -0.39 is 13.9 Å². The molecule has 0 aromatic heterocycles. The van der Waals surface area contributed by atoms with Crippen molar-refractivity contribution in [2.24, 2.45) is 0 Å². The lowest BCUT2D eigenvalue weighted by Crippen LogP contribution is -2.46. The fraction of sp³-hybridized carbons (Fsp3) is 0.842. The summed E-state index contributed by atoms with van der Waals surface area (Å²) in [6.07, 6.45) is 3.88. The highest BCUT2D eigenvalue weighted by Gasteiger charge is 2.40. The van der Waals surface area contributed by atoms with E-state index in [9.17, 15) is 4.79 Å². The van der Waals surface area contributed by atoms with Crippen LogP contribution in [0, 0.1) is 0 Å². The zero-order valence-corrected chi connectivity index (χ0v) is 18.2. The van der Waals surface area contributed by atoms with Crippen LogP contribution >= 0.6 is 0 Å². The van der Waals surface area contributed by atoms with E-state index in [4.69, 9.17) is 9.16 Å². The number of allylic oxidation sites excluding steroid dienone is 1. The van der Waals surface area contributed by atoms with Crippen LogP contribution in [0.5, 0.6) is 0 Å². The first-order valence-corrected chi connectivity index (χ1v) is 12.0. The van der Waals surface area contributed by atoms with Gasteiger partial charge < -0.3 is 9.16 Å². The van der Waals surface area contributed by atoms with Gasteiger partial charge >= 0.3 is 6.09 Å². The number of hydrogen-bond acceptors (Lipinski definition) is 3. The fourth-order valence-electron chi connectivity index (χ4n) is 2.47. The van der Waals surface area contributed by atoms with Crippen LogP contribution in [0.25, 0.3) is 0 Å². The molecule has 0 aliphatic carbocycles. The molecule has 1 saturated heterocycles. The highest BCUT2D eigenvalue weighted by molar-refractivity contribution is 6.74. The molecule has 1 aliphatic heterocycles. The summed E-state index contributed by atoms with van der Waals surface area (Å²) < 4.78 is 12.0. The van der Waals surface area contributed by atoms with E-state index in [0.29, 0.717) is 13.2 Å². The molecule has 1 rings (SSSR count). The Kier molecular flexibility index (Phi) is 6.73. The van der Waals surface area contributed by atoms with E-state index in [2.05, 4.69) is 46.9 Å². The molecule has 24 heavy (non-hydrogen) atoms. The molecule has 0 unspecified atom stereocenters. The zero-order chi connectivity index (χ0) is 18.8. The number of carbonyl (C=O) groups excluding carboxylic acids is 1. The molecule has 4 nitrogen and oxygen atoms in total. The Hall–Kier alpha value is -0.813. The van der Waals surface area contributed by atoms with Gasteiger partial charge in [0.1, 0.15) is 5.60 Å². The highest BCUT2D eigenvalue weighted by Crippen LogP contribution is 2.37. The van der Waals surface area contributed by atoms with E-state index in [-0.39, 0.29) is 17.2 Å². The molecule has 0 N–H and O–H groups in total. The smallest absolute Gasteiger partial charge is 0.410 e. The standard InChI is InChI=1S/C19H37NO3Si/c1-10-11-15-12-16(14-22-24(8,9)19(5,6)7)20(13-15)17(21)23-18(2,3)4/h11,16H,10,12-14H2,1-9H3/b15-11+/t16-/m0/s1. The molecule has 140 valence electrons. The number of amides is 1. The van der Waals surface area contributed by atoms with E-state index in [1.54, 1.807) is 0 Å². The van der Waals surface area contributed by atoms with Gasteiger partial charge in [-0.3, -0.25) is 4.90 Å². The van der Waals surface area contributed by atoms with Crippen molar-refractivity contribution < 1.29 is 14.0 Å². The highest BCUT2D eigenvalue weighted by atomic mass is 28.4. The summed E-state index contributed by atoms with van der Waals surface area (Å²) in [4.78, 5) is 14.4. The molecular formula is C19H37NO3Si. The first kappa shape index (κ1) is 21.2. The van der Waals surface area contributed by atoms with E-state index >= 15 is 0 Å². The second kappa shape index (κ2) is 7.61. The van der Waals surface area contributed by atoms with Crippen LogP contribution < -0.4 is 0 Å². The van der Waals surface area contributed by atoms with Crippen LogP contribution in [-0.4, -0.2) is 44.1 Å². The maximum Gasteiger partial charge on any atom is 0.410 e. The topological polar surface area (TPSA) is 38.8 Å². The minimum atomic E-state index is -1.82. The van der Waals surface area contributed by atoms with Crippen molar-refractivity contribution in [2.75, 3.05) is 13.2 Å². The SMILES string of the molecule is CC/C=C1\C[C@@H](CO[Si](C)(C)C(C)(C)C)N(C(=O)OC(C)(C)C)C1. The van der Waals surface area contributed by atoms with Gasteiger partial charge in [-0.05, 0) is 51.7 Å². The van der Waals surface area contributed by atoms with Crippen molar-refractivity contribution in [2.45, 2.75) is 91.1 Å². The van der Waals surface area contributed by atoms with Gasteiger partial charge in [0.25, 0.3) is 0 Å². The summed E-state index contributed by atoms with van der Waals surface area (Å²) in [5, 5.41) is 0.171. The fourth-order valence-corrected chi connectivity index (χ4v) is 3.51. The quantitative estimate of drug-likeness (QED) is 0.504. The van der Waals surface area contributed by atoms with Crippen LogP contribution in [0.4, 0.5) is 4.79 Å².